The molecule has 0 aromatic heterocycles. The summed E-state index contributed by atoms with van der Waals surface area (Å²) in [5.41, 5.74) is 0. The number of hydrogen-bond acceptors (Lipinski definition) is 2. The van der Waals surface area contributed by atoms with Gasteiger partial charge in [-0.15, -0.1) is 0 Å². The SMILES string of the molecule is CC(C)CC(CO)NCC1CCC1. The standard InChI is InChI=1S/C11H23NO/c1-9(2)6-11(8-13)12-7-10-4-3-5-10/h9-13H,3-8H2,1-2H3. The Hall–Kier alpha value is -0.0800. The number of aliphatic hydroxyl groups excluding tert-OH is 1. The second-order valence-electron chi connectivity index (χ2n) is 4.71. The maximum Gasteiger partial charge on any atom is 0.0584 e. The van der Waals surface area contributed by atoms with Gasteiger partial charge in [0, 0.05) is 6.04 Å². The van der Waals surface area contributed by atoms with Crippen molar-refractivity contribution < 1.29 is 5.11 Å². The highest BCUT2D eigenvalue weighted by Gasteiger charge is 2.18. The summed E-state index contributed by atoms with van der Waals surface area (Å²) in [4.78, 5) is 0. The minimum Gasteiger partial charge on any atom is -0.395 e. The van der Waals surface area contributed by atoms with Crippen molar-refractivity contribution in [1.29, 1.82) is 0 Å². The van der Waals surface area contributed by atoms with Crippen molar-refractivity contribution in [2.45, 2.75) is 45.6 Å². The van der Waals surface area contributed by atoms with Gasteiger partial charge in [0.1, 0.15) is 0 Å². The quantitative estimate of drug-likeness (QED) is 0.661. The highest BCUT2D eigenvalue weighted by molar-refractivity contribution is 4.75. The van der Waals surface area contributed by atoms with Crippen molar-refractivity contribution in [2.75, 3.05) is 13.2 Å². The summed E-state index contributed by atoms with van der Waals surface area (Å²) in [5.74, 6) is 1.56. The monoisotopic (exact) mass is 185 g/mol. The van der Waals surface area contributed by atoms with Crippen LogP contribution in [-0.4, -0.2) is 24.3 Å². The summed E-state index contributed by atoms with van der Waals surface area (Å²) in [6.07, 6.45) is 5.25. The summed E-state index contributed by atoms with van der Waals surface area (Å²) in [6.45, 7) is 5.80. The fourth-order valence-corrected chi connectivity index (χ4v) is 1.82. The van der Waals surface area contributed by atoms with Crippen LogP contribution in [0.15, 0.2) is 0 Å². The van der Waals surface area contributed by atoms with Crippen LogP contribution in [0, 0.1) is 11.8 Å². The molecule has 0 aromatic carbocycles. The lowest BCUT2D eigenvalue weighted by Crippen LogP contribution is -2.38. The Morgan fingerprint density at radius 3 is 2.46 bits per heavy atom. The van der Waals surface area contributed by atoms with Crippen molar-refractivity contribution in [3.8, 4) is 0 Å². The van der Waals surface area contributed by atoms with Gasteiger partial charge in [0.15, 0.2) is 0 Å². The van der Waals surface area contributed by atoms with Crippen LogP contribution in [-0.2, 0) is 0 Å². The van der Waals surface area contributed by atoms with Gasteiger partial charge in [-0.05, 0) is 37.6 Å². The second kappa shape index (κ2) is 5.61. The molecule has 78 valence electrons. The summed E-state index contributed by atoms with van der Waals surface area (Å²) in [6, 6.07) is 0.320. The molecular weight excluding hydrogens is 162 g/mol. The molecule has 2 N–H and O–H groups in total. The predicted molar refractivity (Wildman–Crippen MR) is 55.7 cm³/mol. The van der Waals surface area contributed by atoms with Crippen molar-refractivity contribution in [1.82, 2.24) is 5.32 Å². The van der Waals surface area contributed by atoms with Crippen molar-refractivity contribution in [3.63, 3.8) is 0 Å². The lowest BCUT2D eigenvalue weighted by Gasteiger charge is -2.28. The zero-order chi connectivity index (χ0) is 9.68. The van der Waals surface area contributed by atoms with E-state index in [9.17, 15) is 0 Å². The maximum absolute atomic E-state index is 9.12. The van der Waals surface area contributed by atoms with Gasteiger partial charge in [0.2, 0.25) is 0 Å². The molecule has 0 saturated heterocycles. The Balaban J connectivity index is 2.07. The van der Waals surface area contributed by atoms with E-state index in [4.69, 9.17) is 5.11 Å². The van der Waals surface area contributed by atoms with E-state index in [2.05, 4.69) is 19.2 Å². The molecule has 13 heavy (non-hydrogen) atoms. The van der Waals surface area contributed by atoms with Gasteiger partial charge in [-0.2, -0.15) is 0 Å². The molecule has 1 unspecified atom stereocenters. The molecule has 0 amide bonds. The summed E-state index contributed by atoms with van der Waals surface area (Å²) in [5, 5.41) is 12.6. The highest BCUT2D eigenvalue weighted by Crippen LogP contribution is 2.25. The normalized spacial score (nSPS) is 20.3. The zero-order valence-electron chi connectivity index (χ0n) is 8.92. The molecule has 0 bridgehead atoms. The minimum atomic E-state index is 0.283. The highest BCUT2D eigenvalue weighted by atomic mass is 16.3. The molecule has 2 heteroatoms. The lowest BCUT2D eigenvalue weighted by atomic mass is 9.85. The first-order valence-corrected chi connectivity index (χ1v) is 5.56. The van der Waals surface area contributed by atoms with E-state index < -0.39 is 0 Å². The Kier molecular flexibility index (Phi) is 4.74. The van der Waals surface area contributed by atoms with Gasteiger partial charge in [-0.3, -0.25) is 0 Å². The fraction of sp³-hybridized carbons (Fsp3) is 1.00. The minimum absolute atomic E-state index is 0.283. The van der Waals surface area contributed by atoms with Crippen LogP contribution in [0.25, 0.3) is 0 Å². The number of aliphatic hydroxyl groups is 1. The third kappa shape index (κ3) is 4.10. The molecule has 1 aliphatic carbocycles. The smallest absolute Gasteiger partial charge is 0.0584 e. The zero-order valence-corrected chi connectivity index (χ0v) is 8.92. The molecule has 1 saturated carbocycles. The van der Waals surface area contributed by atoms with Gasteiger partial charge >= 0.3 is 0 Å². The van der Waals surface area contributed by atoms with Gasteiger partial charge in [0.05, 0.1) is 6.61 Å². The van der Waals surface area contributed by atoms with E-state index in [1.54, 1.807) is 0 Å². The van der Waals surface area contributed by atoms with Crippen LogP contribution in [0.5, 0.6) is 0 Å². The van der Waals surface area contributed by atoms with Crippen molar-refractivity contribution in [3.05, 3.63) is 0 Å². The van der Waals surface area contributed by atoms with Crippen LogP contribution in [0.4, 0.5) is 0 Å². The topological polar surface area (TPSA) is 32.3 Å². The molecule has 2 nitrogen and oxygen atoms in total. The molecule has 1 rings (SSSR count). The maximum atomic E-state index is 9.12. The van der Waals surface area contributed by atoms with Crippen molar-refractivity contribution >= 4 is 0 Å². The van der Waals surface area contributed by atoms with Crippen LogP contribution in [0.1, 0.15) is 39.5 Å². The fourth-order valence-electron chi connectivity index (χ4n) is 1.82. The first kappa shape index (κ1) is 11.0. The number of nitrogens with one attached hydrogen (secondary N) is 1. The number of rotatable bonds is 6. The average molecular weight is 185 g/mol. The average Bonchev–Trinajstić information content (AvgIpc) is 1.99. The first-order chi connectivity index (χ1) is 6.22. The summed E-state index contributed by atoms with van der Waals surface area (Å²) >= 11 is 0. The van der Waals surface area contributed by atoms with Crippen LogP contribution < -0.4 is 5.32 Å². The molecule has 0 radical (unpaired) electrons. The Morgan fingerprint density at radius 2 is 2.08 bits per heavy atom. The van der Waals surface area contributed by atoms with E-state index in [0.29, 0.717) is 12.0 Å². The Bertz CT molecular complexity index is 132. The van der Waals surface area contributed by atoms with Gasteiger partial charge < -0.3 is 10.4 Å². The first-order valence-electron chi connectivity index (χ1n) is 5.56. The van der Waals surface area contributed by atoms with Crippen LogP contribution >= 0.6 is 0 Å². The van der Waals surface area contributed by atoms with Crippen molar-refractivity contribution in [2.24, 2.45) is 11.8 Å². The molecule has 0 spiro atoms. The Morgan fingerprint density at radius 1 is 1.38 bits per heavy atom. The van der Waals surface area contributed by atoms with E-state index in [0.717, 1.165) is 18.9 Å². The van der Waals surface area contributed by atoms with E-state index in [1.807, 2.05) is 0 Å². The molecule has 0 heterocycles. The molecule has 1 fully saturated rings. The molecule has 0 aromatic rings. The predicted octanol–water partition coefficient (Wildman–Crippen LogP) is 1.78. The van der Waals surface area contributed by atoms with Crippen LogP contribution in [0.3, 0.4) is 0 Å². The lowest BCUT2D eigenvalue weighted by molar-refractivity contribution is 0.205. The van der Waals surface area contributed by atoms with Gasteiger partial charge in [-0.25, -0.2) is 0 Å². The van der Waals surface area contributed by atoms with E-state index in [-0.39, 0.29) is 6.61 Å². The second-order valence-corrected chi connectivity index (χ2v) is 4.71. The molecular formula is C11H23NO. The van der Waals surface area contributed by atoms with E-state index >= 15 is 0 Å². The summed E-state index contributed by atoms with van der Waals surface area (Å²) in [7, 11) is 0. The van der Waals surface area contributed by atoms with Crippen LogP contribution in [0.2, 0.25) is 0 Å². The molecule has 0 aliphatic heterocycles. The largest absolute Gasteiger partial charge is 0.395 e. The van der Waals surface area contributed by atoms with Gasteiger partial charge in [-0.1, -0.05) is 20.3 Å². The Labute approximate surface area is 81.7 Å². The molecule has 1 aliphatic rings. The number of hydrogen-bond donors (Lipinski definition) is 2. The van der Waals surface area contributed by atoms with Gasteiger partial charge in [0.25, 0.3) is 0 Å². The van der Waals surface area contributed by atoms with E-state index in [1.165, 1.54) is 19.3 Å². The third-order valence-electron chi connectivity index (χ3n) is 2.90. The summed E-state index contributed by atoms with van der Waals surface area (Å²) < 4.78 is 0. The molecule has 1 atom stereocenters. The third-order valence-corrected chi connectivity index (χ3v) is 2.90.